The van der Waals surface area contributed by atoms with Crippen LogP contribution in [0.4, 0.5) is 0 Å². The minimum atomic E-state index is 0.137. The summed E-state index contributed by atoms with van der Waals surface area (Å²) in [7, 11) is 1.64. The van der Waals surface area contributed by atoms with Crippen LogP contribution < -0.4 is 0 Å². The van der Waals surface area contributed by atoms with Crippen molar-refractivity contribution in [2.24, 2.45) is 0 Å². The first-order valence-electron chi connectivity index (χ1n) is 9.74. The molecule has 1 aliphatic heterocycles. The average Bonchev–Trinajstić information content (AvgIpc) is 3.32. The fourth-order valence-electron chi connectivity index (χ4n) is 4.00. The van der Waals surface area contributed by atoms with Gasteiger partial charge in [-0.15, -0.1) is 22.7 Å². The van der Waals surface area contributed by atoms with E-state index < -0.39 is 0 Å². The molecule has 5 rings (SSSR count). The Kier molecular flexibility index (Phi) is 5.03. The van der Waals surface area contributed by atoms with Crippen LogP contribution in [0.2, 0.25) is 0 Å². The number of fused-ring (bicyclic) bond motifs is 3. The maximum absolute atomic E-state index is 13.2. The second-order valence-corrected chi connectivity index (χ2v) is 9.46. The standard InChI is InChI=1S/C22H21N3O2S2/c1-27-13-20-23-9-8-16(24-20)14-5-4-10-25(12-14)22(26)19-11-18-21(29-19)15-6-2-3-7-17(15)28-18/h2-3,6-9,11,14H,4-5,10,12-13H2,1H3/t14-/m1/s1. The van der Waals surface area contributed by atoms with Crippen LogP contribution in [0.25, 0.3) is 19.5 Å². The molecule has 1 amide bonds. The molecular formula is C22H21N3O2S2. The Balaban J connectivity index is 1.38. The quantitative estimate of drug-likeness (QED) is 0.460. The van der Waals surface area contributed by atoms with E-state index in [0.29, 0.717) is 19.0 Å². The minimum absolute atomic E-state index is 0.137. The van der Waals surface area contributed by atoms with Crippen molar-refractivity contribution in [1.29, 1.82) is 0 Å². The van der Waals surface area contributed by atoms with Crippen LogP contribution in [0.5, 0.6) is 0 Å². The van der Waals surface area contributed by atoms with Crippen molar-refractivity contribution in [1.82, 2.24) is 14.9 Å². The van der Waals surface area contributed by atoms with Crippen molar-refractivity contribution in [3.8, 4) is 0 Å². The van der Waals surface area contributed by atoms with Crippen molar-refractivity contribution in [3.05, 3.63) is 59.0 Å². The van der Waals surface area contributed by atoms with Gasteiger partial charge in [-0.25, -0.2) is 9.97 Å². The number of rotatable bonds is 4. The van der Waals surface area contributed by atoms with Crippen molar-refractivity contribution in [2.75, 3.05) is 20.2 Å². The summed E-state index contributed by atoms with van der Waals surface area (Å²) >= 11 is 3.38. The van der Waals surface area contributed by atoms with Crippen molar-refractivity contribution < 1.29 is 9.53 Å². The number of hydrogen-bond donors (Lipinski definition) is 0. The molecule has 0 aliphatic carbocycles. The van der Waals surface area contributed by atoms with Gasteiger partial charge in [-0.05, 0) is 31.0 Å². The lowest BCUT2D eigenvalue weighted by molar-refractivity contribution is 0.0710. The number of thiophene rings is 2. The van der Waals surface area contributed by atoms with Gasteiger partial charge in [0.25, 0.3) is 5.91 Å². The third kappa shape index (κ3) is 3.54. The number of carbonyl (C=O) groups excluding carboxylic acids is 1. The zero-order valence-corrected chi connectivity index (χ0v) is 17.8. The Morgan fingerprint density at radius 3 is 3.03 bits per heavy atom. The van der Waals surface area contributed by atoms with Crippen LogP contribution in [0.15, 0.2) is 42.6 Å². The Bertz CT molecular complexity index is 1180. The summed E-state index contributed by atoms with van der Waals surface area (Å²) in [5.74, 6) is 1.07. The summed E-state index contributed by atoms with van der Waals surface area (Å²) in [4.78, 5) is 25.0. The predicted octanol–water partition coefficient (Wildman–Crippen LogP) is 5.07. The fraction of sp³-hybridized carbons (Fsp3) is 0.318. The van der Waals surface area contributed by atoms with E-state index in [0.717, 1.165) is 30.0 Å². The van der Waals surface area contributed by atoms with Gasteiger partial charge in [0.2, 0.25) is 0 Å². The Hall–Kier alpha value is -2.35. The molecule has 7 heteroatoms. The molecule has 1 aliphatic rings. The highest BCUT2D eigenvalue weighted by atomic mass is 32.1. The zero-order valence-electron chi connectivity index (χ0n) is 16.1. The first kappa shape index (κ1) is 18.7. The summed E-state index contributed by atoms with van der Waals surface area (Å²) in [6.45, 7) is 1.91. The number of likely N-dealkylation sites (tertiary alicyclic amines) is 1. The molecule has 0 saturated carbocycles. The van der Waals surface area contributed by atoms with Crippen LogP contribution in [0.3, 0.4) is 0 Å². The molecule has 0 bridgehead atoms. The second kappa shape index (κ2) is 7.82. The molecule has 1 saturated heterocycles. The van der Waals surface area contributed by atoms with Crippen LogP contribution in [-0.2, 0) is 11.3 Å². The molecule has 3 aromatic heterocycles. The third-order valence-electron chi connectivity index (χ3n) is 5.39. The van der Waals surface area contributed by atoms with Gasteiger partial charge in [-0.3, -0.25) is 4.79 Å². The van der Waals surface area contributed by atoms with Gasteiger partial charge < -0.3 is 9.64 Å². The molecule has 0 spiro atoms. The number of ether oxygens (including phenoxy) is 1. The van der Waals surface area contributed by atoms with Gasteiger partial charge in [0, 0.05) is 52.8 Å². The lowest BCUT2D eigenvalue weighted by atomic mass is 9.94. The molecule has 4 aromatic rings. The molecule has 0 N–H and O–H groups in total. The van der Waals surface area contributed by atoms with Gasteiger partial charge in [0.1, 0.15) is 6.61 Å². The van der Waals surface area contributed by atoms with Gasteiger partial charge in [0.05, 0.1) is 9.58 Å². The van der Waals surface area contributed by atoms with E-state index in [2.05, 4.69) is 40.3 Å². The highest BCUT2D eigenvalue weighted by Gasteiger charge is 2.28. The maximum Gasteiger partial charge on any atom is 0.264 e. The van der Waals surface area contributed by atoms with Gasteiger partial charge in [-0.2, -0.15) is 0 Å². The summed E-state index contributed by atoms with van der Waals surface area (Å²) in [6.07, 6.45) is 3.82. The molecule has 0 unspecified atom stereocenters. The number of aromatic nitrogens is 2. The molecule has 148 valence electrons. The first-order valence-corrected chi connectivity index (χ1v) is 11.4. The van der Waals surface area contributed by atoms with Gasteiger partial charge in [0.15, 0.2) is 5.82 Å². The van der Waals surface area contributed by atoms with Crippen LogP contribution in [-0.4, -0.2) is 41.0 Å². The fourth-order valence-corrected chi connectivity index (χ4v) is 6.50. The number of nitrogens with zero attached hydrogens (tertiary/aromatic N) is 3. The number of amides is 1. The number of hydrogen-bond acceptors (Lipinski definition) is 6. The van der Waals surface area contributed by atoms with E-state index in [4.69, 9.17) is 4.74 Å². The summed E-state index contributed by atoms with van der Waals surface area (Å²) in [6, 6.07) is 12.4. The van der Waals surface area contributed by atoms with E-state index in [-0.39, 0.29) is 11.8 Å². The average molecular weight is 424 g/mol. The SMILES string of the molecule is COCc1nccc([C@@H]2CCCN(C(=O)c3cc4sc5ccccc5c4s3)C2)n1. The molecule has 0 radical (unpaired) electrons. The topological polar surface area (TPSA) is 55.3 Å². The number of piperidine rings is 1. The molecule has 29 heavy (non-hydrogen) atoms. The highest BCUT2D eigenvalue weighted by molar-refractivity contribution is 7.33. The predicted molar refractivity (Wildman–Crippen MR) is 118 cm³/mol. The summed E-state index contributed by atoms with van der Waals surface area (Å²) in [5, 5.41) is 1.25. The van der Waals surface area contributed by atoms with Crippen molar-refractivity contribution in [3.63, 3.8) is 0 Å². The highest BCUT2D eigenvalue weighted by Crippen LogP contribution is 2.40. The number of methoxy groups -OCH3 is 1. The zero-order chi connectivity index (χ0) is 19.8. The van der Waals surface area contributed by atoms with E-state index in [1.165, 1.54) is 19.5 Å². The molecule has 4 heterocycles. The van der Waals surface area contributed by atoms with Crippen molar-refractivity contribution in [2.45, 2.75) is 25.4 Å². The van der Waals surface area contributed by atoms with Crippen LogP contribution in [0, 0.1) is 0 Å². The molecule has 1 aromatic carbocycles. The van der Waals surface area contributed by atoms with Crippen LogP contribution >= 0.6 is 22.7 Å². The van der Waals surface area contributed by atoms with Crippen LogP contribution in [0.1, 0.15) is 39.9 Å². The van der Waals surface area contributed by atoms with E-state index in [1.807, 2.05) is 11.0 Å². The molecular weight excluding hydrogens is 402 g/mol. The summed E-state index contributed by atoms with van der Waals surface area (Å²) < 4.78 is 8.86. The molecule has 1 fully saturated rings. The van der Waals surface area contributed by atoms with E-state index in [1.54, 1.807) is 36.0 Å². The number of benzene rings is 1. The minimum Gasteiger partial charge on any atom is -0.377 e. The lowest BCUT2D eigenvalue weighted by Crippen LogP contribution is -2.39. The number of carbonyl (C=O) groups is 1. The van der Waals surface area contributed by atoms with Gasteiger partial charge >= 0.3 is 0 Å². The largest absolute Gasteiger partial charge is 0.377 e. The maximum atomic E-state index is 13.2. The third-order valence-corrected chi connectivity index (χ3v) is 7.79. The van der Waals surface area contributed by atoms with E-state index >= 15 is 0 Å². The first-order chi connectivity index (χ1) is 14.2. The lowest BCUT2D eigenvalue weighted by Gasteiger charge is -2.32. The Morgan fingerprint density at radius 1 is 1.24 bits per heavy atom. The van der Waals surface area contributed by atoms with E-state index in [9.17, 15) is 4.79 Å². The smallest absolute Gasteiger partial charge is 0.264 e. The summed E-state index contributed by atoms with van der Waals surface area (Å²) in [5.41, 5.74) is 1.00. The van der Waals surface area contributed by atoms with Crippen molar-refractivity contribution >= 4 is 48.1 Å². The molecule has 5 nitrogen and oxygen atoms in total. The Labute approximate surface area is 177 Å². The Morgan fingerprint density at radius 2 is 2.14 bits per heavy atom. The monoisotopic (exact) mass is 423 g/mol. The van der Waals surface area contributed by atoms with Gasteiger partial charge in [-0.1, -0.05) is 18.2 Å². The molecule has 1 atom stereocenters. The second-order valence-electron chi connectivity index (χ2n) is 7.32. The normalized spacial score (nSPS) is 17.3.